The number of carbonyl (C=O) groups excluding carboxylic acids is 2. The molecule has 0 spiro atoms. The van der Waals surface area contributed by atoms with Gasteiger partial charge in [0, 0.05) is 26.9 Å². The number of nitrogens with zero attached hydrogens (tertiary/aromatic N) is 1. The molecule has 0 saturated heterocycles. The molecule has 0 fully saturated rings. The Morgan fingerprint density at radius 2 is 1.74 bits per heavy atom. The van der Waals surface area contributed by atoms with Gasteiger partial charge in [0.05, 0.1) is 0 Å². The van der Waals surface area contributed by atoms with Crippen LogP contribution in [0.4, 0.5) is 0 Å². The third kappa shape index (κ3) is 1.57. The van der Waals surface area contributed by atoms with Gasteiger partial charge in [0.25, 0.3) is 11.8 Å². The number of rotatable bonds is 1. The van der Waals surface area contributed by atoms with Gasteiger partial charge in [0.15, 0.2) is 0 Å². The fraction of sp³-hybridized carbons (Fsp3) is 0.143. The molecule has 1 heterocycles. The SMILES string of the molecule is CC(O)N1C(=O)c2cccc3c(Cl)ccc(c23)C1=O. The highest BCUT2D eigenvalue weighted by atomic mass is 35.5. The van der Waals surface area contributed by atoms with Gasteiger partial charge in [-0.15, -0.1) is 0 Å². The standard InChI is InChI=1S/C14H10ClNO3/c1-7(17)16-13(18)9-4-2-3-8-11(15)6-5-10(12(8)9)14(16)19/h2-7,17H,1H3. The third-order valence-corrected chi connectivity index (χ3v) is 3.59. The highest BCUT2D eigenvalue weighted by Gasteiger charge is 2.35. The lowest BCUT2D eigenvalue weighted by molar-refractivity contribution is 0.0170. The average molecular weight is 276 g/mol. The van der Waals surface area contributed by atoms with Crippen molar-refractivity contribution < 1.29 is 14.7 Å². The second-order valence-corrected chi connectivity index (χ2v) is 4.84. The van der Waals surface area contributed by atoms with Crippen LogP contribution in [0.2, 0.25) is 5.02 Å². The molecule has 96 valence electrons. The molecule has 1 atom stereocenters. The molecular formula is C14H10ClNO3. The Morgan fingerprint density at radius 1 is 1.11 bits per heavy atom. The molecule has 0 aromatic heterocycles. The van der Waals surface area contributed by atoms with Crippen LogP contribution in [0.1, 0.15) is 27.6 Å². The summed E-state index contributed by atoms with van der Waals surface area (Å²) < 4.78 is 0. The van der Waals surface area contributed by atoms with E-state index in [2.05, 4.69) is 0 Å². The second kappa shape index (κ2) is 4.05. The molecule has 0 bridgehead atoms. The predicted octanol–water partition coefficient (Wildman–Crippen LogP) is 2.43. The van der Waals surface area contributed by atoms with Crippen molar-refractivity contribution in [1.82, 2.24) is 4.90 Å². The van der Waals surface area contributed by atoms with E-state index in [0.717, 1.165) is 4.90 Å². The van der Waals surface area contributed by atoms with Crippen LogP contribution in [0, 0.1) is 0 Å². The van der Waals surface area contributed by atoms with E-state index < -0.39 is 18.0 Å². The van der Waals surface area contributed by atoms with E-state index in [1.807, 2.05) is 0 Å². The summed E-state index contributed by atoms with van der Waals surface area (Å²) in [4.78, 5) is 25.4. The van der Waals surface area contributed by atoms with Crippen molar-refractivity contribution in [2.24, 2.45) is 0 Å². The lowest BCUT2D eigenvalue weighted by atomic mass is 9.94. The van der Waals surface area contributed by atoms with E-state index in [0.29, 0.717) is 26.9 Å². The first-order valence-electron chi connectivity index (χ1n) is 5.79. The Balaban J connectivity index is 2.42. The van der Waals surface area contributed by atoms with Crippen LogP contribution in [0.15, 0.2) is 30.3 Å². The van der Waals surface area contributed by atoms with Crippen LogP contribution in [0.25, 0.3) is 10.8 Å². The van der Waals surface area contributed by atoms with E-state index in [4.69, 9.17) is 11.6 Å². The van der Waals surface area contributed by atoms with Gasteiger partial charge in [0.2, 0.25) is 0 Å². The minimum atomic E-state index is -1.17. The van der Waals surface area contributed by atoms with Crippen molar-refractivity contribution in [3.8, 4) is 0 Å². The smallest absolute Gasteiger partial charge is 0.263 e. The Labute approximate surface area is 114 Å². The molecule has 2 aromatic rings. The molecule has 1 N–H and O–H groups in total. The zero-order valence-electron chi connectivity index (χ0n) is 10.1. The lowest BCUT2D eigenvalue weighted by Crippen LogP contribution is -2.45. The molecule has 1 aliphatic heterocycles. The van der Waals surface area contributed by atoms with Crippen LogP contribution in [0.5, 0.6) is 0 Å². The Kier molecular flexibility index (Phi) is 2.59. The molecule has 0 saturated carbocycles. The molecular weight excluding hydrogens is 266 g/mol. The molecule has 1 aliphatic rings. The summed E-state index contributed by atoms with van der Waals surface area (Å²) in [5, 5.41) is 11.3. The second-order valence-electron chi connectivity index (χ2n) is 4.44. The Bertz CT molecular complexity index is 702. The van der Waals surface area contributed by atoms with Gasteiger partial charge in [-0.05, 0) is 25.1 Å². The summed E-state index contributed by atoms with van der Waals surface area (Å²) >= 11 is 6.09. The lowest BCUT2D eigenvalue weighted by Gasteiger charge is -2.29. The van der Waals surface area contributed by atoms with E-state index >= 15 is 0 Å². The maximum Gasteiger partial charge on any atom is 0.263 e. The Morgan fingerprint density at radius 3 is 2.37 bits per heavy atom. The van der Waals surface area contributed by atoms with Gasteiger partial charge in [-0.1, -0.05) is 23.7 Å². The summed E-state index contributed by atoms with van der Waals surface area (Å²) in [6.07, 6.45) is -1.17. The van der Waals surface area contributed by atoms with E-state index in [-0.39, 0.29) is 0 Å². The van der Waals surface area contributed by atoms with Gasteiger partial charge < -0.3 is 5.11 Å². The predicted molar refractivity (Wildman–Crippen MR) is 71.1 cm³/mol. The number of amides is 2. The number of imide groups is 1. The number of hydrogen-bond donors (Lipinski definition) is 1. The monoisotopic (exact) mass is 275 g/mol. The average Bonchev–Trinajstić information content (AvgIpc) is 2.37. The van der Waals surface area contributed by atoms with Crippen LogP contribution in [0.3, 0.4) is 0 Å². The summed E-state index contributed by atoms with van der Waals surface area (Å²) in [5.74, 6) is -0.999. The largest absolute Gasteiger partial charge is 0.373 e. The highest BCUT2D eigenvalue weighted by Crippen LogP contribution is 2.34. The first-order chi connectivity index (χ1) is 9.02. The van der Waals surface area contributed by atoms with Crippen molar-refractivity contribution in [1.29, 1.82) is 0 Å². The minimum Gasteiger partial charge on any atom is -0.373 e. The fourth-order valence-corrected chi connectivity index (χ4v) is 2.64. The molecule has 3 rings (SSSR count). The topological polar surface area (TPSA) is 57.6 Å². The number of carbonyl (C=O) groups is 2. The summed E-state index contributed by atoms with van der Waals surface area (Å²) in [6, 6.07) is 8.31. The van der Waals surface area contributed by atoms with Crippen molar-refractivity contribution in [2.45, 2.75) is 13.2 Å². The number of hydrogen-bond acceptors (Lipinski definition) is 3. The van der Waals surface area contributed by atoms with Crippen molar-refractivity contribution >= 4 is 34.2 Å². The minimum absolute atomic E-state index is 0.385. The van der Waals surface area contributed by atoms with Gasteiger partial charge in [-0.2, -0.15) is 0 Å². The van der Waals surface area contributed by atoms with Crippen LogP contribution in [-0.2, 0) is 0 Å². The van der Waals surface area contributed by atoms with E-state index in [9.17, 15) is 14.7 Å². The van der Waals surface area contributed by atoms with Crippen LogP contribution < -0.4 is 0 Å². The van der Waals surface area contributed by atoms with Crippen molar-refractivity contribution in [2.75, 3.05) is 0 Å². The van der Waals surface area contributed by atoms with Crippen molar-refractivity contribution in [3.05, 3.63) is 46.5 Å². The van der Waals surface area contributed by atoms with Crippen LogP contribution >= 0.6 is 11.6 Å². The maximum atomic E-state index is 12.3. The highest BCUT2D eigenvalue weighted by molar-refractivity contribution is 6.38. The van der Waals surface area contributed by atoms with Gasteiger partial charge in [-0.3, -0.25) is 9.59 Å². The van der Waals surface area contributed by atoms with E-state index in [1.165, 1.54) is 6.92 Å². The molecule has 1 unspecified atom stereocenters. The maximum absolute atomic E-state index is 12.3. The molecule has 2 aromatic carbocycles. The first kappa shape index (κ1) is 12.1. The van der Waals surface area contributed by atoms with Gasteiger partial charge in [0.1, 0.15) is 6.23 Å². The van der Waals surface area contributed by atoms with Crippen LogP contribution in [-0.4, -0.2) is 28.0 Å². The first-order valence-corrected chi connectivity index (χ1v) is 6.17. The third-order valence-electron chi connectivity index (χ3n) is 3.26. The molecule has 2 amide bonds. The normalized spacial score (nSPS) is 16.1. The summed E-state index contributed by atoms with van der Waals surface area (Å²) in [5.41, 5.74) is 0.769. The number of benzene rings is 2. The van der Waals surface area contributed by atoms with Gasteiger partial charge >= 0.3 is 0 Å². The number of aliphatic hydroxyl groups is 1. The molecule has 0 aliphatic carbocycles. The van der Waals surface area contributed by atoms with Gasteiger partial charge in [-0.25, -0.2) is 4.90 Å². The quantitative estimate of drug-likeness (QED) is 0.813. The van der Waals surface area contributed by atoms with E-state index in [1.54, 1.807) is 30.3 Å². The summed E-state index contributed by atoms with van der Waals surface area (Å²) in [6.45, 7) is 1.39. The Hall–Kier alpha value is -1.91. The fourth-order valence-electron chi connectivity index (χ4n) is 2.42. The zero-order chi connectivity index (χ0) is 13.7. The molecule has 5 heteroatoms. The molecule has 0 radical (unpaired) electrons. The molecule has 4 nitrogen and oxygen atoms in total. The molecule has 19 heavy (non-hydrogen) atoms. The zero-order valence-corrected chi connectivity index (χ0v) is 10.8. The van der Waals surface area contributed by atoms with Crippen molar-refractivity contribution in [3.63, 3.8) is 0 Å². The summed E-state index contributed by atoms with van der Waals surface area (Å²) in [7, 11) is 0. The number of halogens is 1. The number of aliphatic hydroxyl groups excluding tert-OH is 1.